The second kappa shape index (κ2) is 10.9. The number of amidine groups is 1. The number of thioether (sulfide) groups is 1. The molecule has 2 aromatic rings. The highest BCUT2D eigenvalue weighted by Gasteiger charge is 2.38. The molecule has 1 fully saturated rings. The molecule has 0 radical (unpaired) electrons. The minimum atomic E-state index is -0.541. The second-order valence-corrected chi connectivity index (χ2v) is 8.00. The van der Waals surface area contributed by atoms with Crippen LogP contribution in [0.3, 0.4) is 0 Å². The number of carbonyl (C=O) groups excluding carboxylic acids is 2. The number of nitrogens with one attached hydrogen (secondary N) is 1. The number of methoxy groups -OCH3 is 2. The zero-order valence-electron chi connectivity index (χ0n) is 18.6. The number of benzene rings is 2. The van der Waals surface area contributed by atoms with Gasteiger partial charge >= 0.3 is 0 Å². The lowest BCUT2D eigenvalue weighted by atomic mass is 10.2. The van der Waals surface area contributed by atoms with E-state index in [2.05, 4.69) is 10.3 Å². The summed E-state index contributed by atoms with van der Waals surface area (Å²) in [6, 6.07) is 12.5. The van der Waals surface area contributed by atoms with Crippen LogP contribution in [0.15, 0.2) is 47.5 Å². The van der Waals surface area contributed by atoms with Gasteiger partial charge in [0.1, 0.15) is 22.5 Å². The van der Waals surface area contributed by atoms with E-state index in [1.54, 1.807) is 30.2 Å². The van der Waals surface area contributed by atoms with Crippen molar-refractivity contribution < 1.29 is 23.8 Å². The minimum absolute atomic E-state index is 0.0253. The summed E-state index contributed by atoms with van der Waals surface area (Å²) in [6.45, 7) is 4.88. The summed E-state index contributed by atoms with van der Waals surface area (Å²) in [5.74, 6) is 1.46. The van der Waals surface area contributed by atoms with Crippen LogP contribution in [0.25, 0.3) is 0 Å². The monoisotopic (exact) mass is 457 g/mol. The van der Waals surface area contributed by atoms with Crippen LogP contribution in [0.1, 0.15) is 20.3 Å². The number of ether oxygens (including phenoxy) is 3. The number of rotatable bonds is 9. The van der Waals surface area contributed by atoms with E-state index in [4.69, 9.17) is 14.2 Å². The maximum Gasteiger partial charge on any atom is 0.242 e. The summed E-state index contributed by atoms with van der Waals surface area (Å²) in [6.07, 6.45) is 0.0253. The molecule has 0 saturated carbocycles. The van der Waals surface area contributed by atoms with Crippen molar-refractivity contribution in [3.8, 4) is 17.2 Å². The Bertz CT molecular complexity index is 994. The Morgan fingerprint density at radius 2 is 1.81 bits per heavy atom. The lowest BCUT2D eigenvalue weighted by molar-refractivity contribution is -0.128. The average molecular weight is 458 g/mol. The molecule has 0 bridgehead atoms. The zero-order chi connectivity index (χ0) is 23.1. The lowest BCUT2D eigenvalue weighted by Gasteiger charge is -2.14. The van der Waals surface area contributed by atoms with Gasteiger partial charge in [-0.15, -0.1) is 0 Å². The molecule has 1 aliphatic heterocycles. The van der Waals surface area contributed by atoms with E-state index in [9.17, 15) is 9.59 Å². The molecule has 8 nitrogen and oxygen atoms in total. The normalized spacial score (nSPS) is 16.9. The fraction of sp³-hybridized carbons (Fsp3) is 0.348. The first-order valence-corrected chi connectivity index (χ1v) is 11.2. The highest BCUT2D eigenvalue weighted by atomic mass is 32.2. The molecule has 170 valence electrons. The van der Waals surface area contributed by atoms with E-state index < -0.39 is 5.25 Å². The molecule has 2 aromatic carbocycles. The number of hydrogen-bond donors (Lipinski definition) is 1. The standard InChI is InChI=1S/C23H27N3O5S/c1-5-26-22(28)20(32-23(26)24-15-7-9-16(10-8-15)31-6-2)14-21(27)25-18-12-11-17(29-3)13-19(18)30-4/h7-13,20H,5-6,14H2,1-4H3,(H,25,27). The van der Waals surface area contributed by atoms with Crippen molar-refractivity contribution in [1.29, 1.82) is 0 Å². The molecular formula is C23H27N3O5S. The van der Waals surface area contributed by atoms with Gasteiger partial charge in [-0.3, -0.25) is 14.5 Å². The fourth-order valence-corrected chi connectivity index (χ4v) is 4.40. The molecule has 1 N–H and O–H groups in total. The summed E-state index contributed by atoms with van der Waals surface area (Å²) < 4.78 is 15.9. The maximum atomic E-state index is 12.9. The summed E-state index contributed by atoms with van der Waals surface area (Å²) in [5.41, 5.74) is 1.24. The molecule has 1 aliphatic rings. The Kier molecular flexibility index (Phi) is 7.99. The SMILES string of the molecule is CCOc1ccc(N=C2SC(CC(=O)Nc3ccc(OC)cc3OC)C(=O)N2CC)cc1. The Hall–Kier alpha value is -3.20. The van der Waals surface area contributed by atoms with Crippen molar-refractivity contribution in [3.63, 3.8) is 0 Å². The van der Waals surface area contributed by atoms with Crippen LogP contribution in [0.4, 0.5) is 11.4 Å². The number of aliphatic imine (C=N–C) groups is 1. The quantitative estimate of drug-likeness (QED) is 0.610. The molecule has 0 aromatic heterocycles. The first-order valence-electron chi connectivity index (χ1n) is 10.3. The summed E-state index contributed by atoms with van der Waals surface area (Å²) in [7, 11) is 3.07. The smallest absolute Gasteiger partial charge is 0.242 e. The number of amides is 2. The summed E-state index contributed by atoms with van der Waals surface area (Å²) >= 11 is 1.30. The molecule has 1 unspecified atom stereocenters. The van der Waals surface area contributed by atoms with Gasteiger partial charge in [0.05, 0.1) is 32.2 Å². The Labute approximate surface area is 191 Å². The van der Waals surface area contributed by atoms with E-state index in [0.29, 0.717) is 35.5 Å². The van der Waals surface area contributed by atoms with Gasteiger partial charge < -0.3 is 19.5 Å². The Morgan fingerprint density at radius 1 is 1.09 bits per heavy atom. The summed E-state index contributed by atoms with van der Waals surface area (Å²) in [5, 5.41) is 2.86. The minimum Gasteiger partial charge on any atom is -0.497 e. The van der Waals surface area contributed by atoms with Crippen LogP contribution >= 0.6 is 11.8 Å². The van der Waals surface area contributed by atoms with E-state index >= 15 is 0 Å². The Morgan fingerprint density at radius 3 is 2.44 bits per heavy atom. The maximum absolute atomic E-state index is 12.9. The molecule has 3 rings (SSSR count). The van der Waals surface area contributed by atoms with Gasteiger partial charge in [-0.05, 0) is 50.2 Å². The van der Waals surface area contributed by atoms with Crippen LogP contribution < -0.4 is 19.5 Å². The van der Waals surface area contributed by atoms with Crippen molar-refractivity contribution >= 4 is 40.1 Å². The molecule has 0 aliphatic carbocycles. The van der Waals surface area contributed by atoms with Gasteiger partial charge in [0.25, 0.3) is 0 Å². The number of nitrogens with zero attached hydrogens (tertiary/aromatic N) is 2. The van der Waals surface area contributed by atoms with Crippen LogP contribution in [0.2, 0.25) is 0 Å². The molecular weight excluding hydrogens is 430 g/mol. The molecule has 1 saturated heterocycles. The average Bonchev–Trinajstić information content (AvgIpc) is 3.09. The van der Waals surface area contributed by atoms with Crippen LogP contribution in [0.5, 0.6) is 17.2 Å². The van der Waals surface area contributed by atoms with Crippen LogP contribution in [0, 0.1) is 0 Å². The molecule has 0 spiro atoms. The number of anilines is 1. The van der Waals surface area contributed by atoms with Crippen molar-refractivity contribution in [1.82, 2.24) is 4.90 Å². The van der Waals surface area contributed by atoms with Crippen LogP contribution in [-0.2, 0) is 9.59 Å². The van der Waals surface area contributed by atoms with Crippen molar-refractivity contribution in [2.75, 3.05) is 32.7 Å². The van der Waals surface area contributed by atoms with Crippen molar-refractivity contribution in [2.24, 2.45) is 4.99 Å². The van der Waals surface area contributed by atoms with E-state index in [0.717, 1.165) is 11.4 Å². The first kappa shape index (κ1) is 23.5. The lowest BCUT2D eigenvalue weighted by Crippen LogP contribution is -2.33. The van der Waals surface area contributed by atoms with E-state index in [1.165, 1.54) is 18.9 Å². The van der Waals surface area contributed by atoms with Gasteiger partial charge in [-0.2, -0.15) is 0 Å². The fourth-order valence-electron chi connectivity index (χ4n) is 3.18. The largest absolute Gasteiger partial charge is 0.497 e. The highest BCUT2D eigenvalue weighted by molar-refractivity contribution is 8.15. The molecule has 1 heterocycles. The number of hydrogen-bond acceptors (Lipinski definition) is 7. The van der Waals surface area contributed by atoms with Gasteiger partial charge in [-0.1, -0.05) is 11.8 Å². The predicted molar refractivity (Wildman–Crippen MR) is 126 cm³/mol. The molecule has 2 amide bonds. The van der Waals surface area contributed by atoms with E-state index in [-0.39, 0.29) is 18.2 Å². The highest BCUT2D eigenvalue weighted by Crippen LogP contribution is 2.33. The predicted octanol–water partition coefficient (Wildman–Crippen LogP) is 4.08. The number of carbonyl (C=O) groups is 2. The van der Waals surface area contributed by atoms with Crippen LogP contribution in [-0.4, -0.2) is 54.5 Å². The third kappa shape index (κ3) is 5.53. The third-order valence-corrected chi connectivity index (χ3v) is 5.94. The second-order valence-electron chi connectivity index (χ2n) is 6.83. The Balaban J connectivity index is 1.69. The third-order valence-electron chi connectivity index (χ3n) is 4.76. The van der Waals surface area contributed by atoms with Gasteiger partial charge in [-0.25, -0.2) is 4.99 Å². The van der Waals surface area contributed by atoms with Gasteiger partial charge in [0.2, 0.25) is 11.8 Å². The van der Waals surface area contributed by atoms with Gasteiger partial charge in [0, 0.05) is 19.0 Å². The molecule has 9 heteroatoms. The van der Waals surface area contributed by atoms with Crippen molar-refractivity contribution in [3.05, 3.63) is 42.5 Å². The zero-order valence-corrected chi connectivity index (χ0v) is 19.4. The summed E-state index contributed by atoms with van der Waals surface area (Å²) in [4.78, 5) is 31.7. The topological polar surface area (TPSA) is 89.5 Å². The molecule has 32 heavy (non-hydrogen) atoms. The molecule has 1 atom stereocenters. The van der Waals surface area contributed by atoms with Crippen molar-refractivity contribution in [2.45, 2.75) is 25.5 Å². The van der Waals surface area contributed by atoms with Gasteiger partial charge in [0.15, 0.2) is 5.17 Å². The first-order chi connectivity index (χ1) is 15.5. The van der Waals surface area contributed by atoms with E-state index in [1.807, 2.05) is 38.1 Å².